The van der Waals surface area contributed by atoms with Crippen molar-refractivity contribution >= 4 is 47.5 Å². The monoisotopic (exact) mass is 451 g/mol. The summed E-state index contributed by atoms with van der Waals surface area (Å²) in [6, 6.07) is 8.91. The van der Waals surface area contributed by atoms with Crippen LogP contribution >= 0.6 is 24.0 Å². The van der Waals surface area contributed by atoms with Crippen LogP contribution in [0.1, 0.15) is 29.8 Å². The maximum absolute atomic E-state index is 12.8. The Bertz CT molecular complexity index is 881. The van der Waals surface area contributed by atoms with E-state index in [-0.39, 0.29) is 24.3 Å². The molecule has 2 N–H and O–H groups in total. The van der Waals surface area contributed by atoms with Gasteiger partial charge in [-0.1, -0.05) is 23.2 Å². The molecule has 0 spiro atoms. The largest absolute Gasteiger partial charge is 0.322 e. The second kappa shape index (κ2) is 10.6. The lowest BCUT2D eigenvalue weighted by atomic mass is 10.1. The molecule has 2 heterocycles. The first-order valence-electron chi connectivity index (χ1n) is 9.67. The number of anilines is 2. The minimum absolute atomic E-state index is 0. The molecule has 1 aliphatic rings. The van der Waals surface area contributed by atoms with Gasteiger partial charge in [-0.15, -0.1) is 12.4 Å². The van der Waals surface area contributed by atoms with Crippen LogP contribution in [-0.2, 0) is 0 Å². The summed E-state index contributed by atoms with van der Waals surface area (Å²) in [7, 11) is 0. The normalized spacial score (nSPS) is 14.2. The molecular formula is C21H27Cl2N5O2. The summed E-state index contributed by atoms with van der Waals surface area (Å²) in [5, 5.41) is 6.13. The number of halogens is 2. The van der Waals surface area contributed by atoms with E-state index in [1.54, 1.807) is 29.2 Å². The van der Waals surface area contributed by atoms with E-state index < -0.39 is 0 Å². The molecular weight excluding hydrogens is 425 g/mol. The van der Waals surface area contributed by atoms with E-state index in [1.165, 1.54) is 6.20 Å². The third kappa shape index (κ3) is 6.08. The van der Waals surface area contributed by atoms with Crippen molar-refractivity contribution in [2.24, 2.45) is 0 Å². The number of amides is 3. The van der Waals surface area contributed by atoms with Gasteiger partial charge in [-0.25, -0.2) is 9.78 Å². The Kier molecular flexibility index (Phi) is 8.46. The van der Waals surface area contributed by atoms with Crippen molar-refractivity contribution in [2.45, 2.75) is 26.8 Å². The number of rotatable bonds is 4. The van der Waals surface area contributed by atoms with Gasteiger partial charge in [-0.2, -0.15) is 0 Å². The summed E-state index contributed by atoms with van der Waals surface area (Å²) in [4.78, 5) is 33.7. The molecule has 3 amide bonds. The van der Waals surface area contributed by atoms with Crippen LogP contribution in [-0.4, -0.2) is 58.9 Å². The molecule has 0 saturated carbocycles. The Morgan fingerprint density at radius 1 is 1.07 bits per heavy atom. The predicted molar refractivity (Wildman–Crippen MR) is 123 cm³/mol. The molecule has 9 heteroatoms. The minimum atomic E-state index is -0.344. The van der Waals surface area contributed by atoms with E-state index in [1.807, 2.05) is 13.0 Å². The SMILES string of the molecule is Cc1ccc(NC(=O)N2CCN(C(C)C)CC2)c(C(=O)Nc2ccc(Cl)cn2)c1.Cl. The van der Waals surface area contributed by atoms with Gasteiger partial charge in [-0.05, 0) is 45.0 Å². The van der Waals surface area contributed by atoms with Crippen molar-refractivity contribution in [2.75, 3.05) is 36.8 Å². The third-order valence-electron chi connectivity index (χ3n) is 4.96. The van der Waals surface area contributed by atoms with Crippen LogP contribution in [0.2, 0.25) is 5.02 Å². The zero-order valence-electron chi connectivity index (χ0n) is 17.3. The lowest BCUT2D eigenvalue weighted by molar-refractivity contribution is 0.102. The predicted octanol–water partition coefficient (Wildman–Crippen LogP) is 4.28. The van der Waals surface area contributed by atoms with Crippen LogP contribution in [0.25, 0.3) is 0 Å². The first-order valence-corrected chi connectivity index (χ1v) is 10.0. The highest BCUT2D eigenvalue weighted by atomic mass is 35.5. The number of aryl methyl sites for hydroxylation is 1. The van der Waals surface area contributed by atoms with Crippen LogP contribution in [0.3, 0.4) is 0 Å². The van der Waals surface area contributed by atoms with Gasteiger partial charge in [0.05, 0.1) is 16.3 Å². The summed E-state index contributed by atoms with van der Waals surface area (Å²) in [5.74, 6) is 0.0476. The molecule has 0 atom stereocenters. The Hall–Kier alpha value is -2.35. The number of nitrogens with one attached hydrogen (secondary N) is 2. The van der Waals surface area contributed by atoms with Gasteiger partial charge in [0, 0.05) is 38.4 Å². The van der Waals surface area contributed by atoms with Crippen LogP contribution in [0, 0.1) is 6.92 Å². The highest BCUT2D eigenvalue weighted by Gasteiger charge is 2.23. The van der Waals surface area contributed by atoms with E-state index in [0.717, 1.165) is 18.7 Å². The van der Waals surface area contributed by atoms with E-state index >= 15 is 0 Å². The zero-order chi connectivity index (χ0) is 21.0. The number of nitrogens with zero attached hydrogens (tertiary/aromatic N) is 3. The highest BCUT2D eigenvalue weighted by molar-refractivity contribution is 6.30. The lowest BCUT2D eigenvalue weighted by Gasteiger charge is -2.36. The number of benzene rings is 1. The smallest absolute Gasteiger partial charge is 0.321 e. The average Bonchev–Trinajstić information content (AvgIpc) is 2.71. The van der Waals surface area contributed by atoms with Crippen LogP contribution in [0.5, 0.6) is 0 Å². The first kappa shape index (κ1) is 23.9. The van der Waals surface area contributed by atoms with Gasteiger partial charge in [0.25, 0.3) is 5.91 Å². The van der Waals surface area contributed by atoms with E-state index in [2.05, 4.69) is 34.4 Å². The van der Waals surface area contributed by atoms with Gasteiger partial charge in [0.1, 0.15) is 5.82 Å². The lowest BCUT2D eigenvalue weighted by Crippen LogP contribution is -2.51. The number of pyridine rings is 1. The number of carbonyl (C=O) groups is 2. The van der Waals surface area contributed by atoms with Crippen LogP contribution < -0.4 is 10.6 Å². The molecule has 0 bridgehead atoms. The highest BCUT2D eigenvalue weighted by Crippen LogP contribution is 2.20. The number of aromatic nitrogens is 1. The van der Waals surface area contributed by atoms with Crippen molar-refractivity contribution in [1.29, 1.82) is 0 Å². The van der Waals surface area contributed by atoms with Crippen molar-refractivity contribution in [3.63, 3.8) is 0 Å². The van der Waals surface area contributed by atoms with Crippen LogP contribution in [0.15, 0.2) is 36.5 Å². The summed E-state index contributed by atoms with van der Waals surface area (Å²) in [6.07, 6.45) is 1.47. The molecule has 1 fully saturated rings. The molecule has 1 aliphatic heterocycles. The number of hydrogen-bond acceptors (Lipinski definition) is 4. The Morgan fingerprint density at radius 2 is 1.77 bits per heavy atom. The third-order valence-corrected chi connectivity index (χ3v) is 5.19. The van der Waals surface area contributed by atoms with Crippen molar-refractivity contribution in [1.82, 2.24) is 14.8 Å². The molecule has 1 aromatic carbocycles. The Labute approximate surface area is 188 Å². The molecule has 1 aromatic heterocycles. The minimum Gasteiger partial charge on any atom is -0.322 e. The molecule has 1 saturated heterocycles. The molecule has 3 rings (SSSR count). The number of piperazine rings is 1. The maximum atomic E-state index is 12.8. The van der Waals surface area contributed by atoms with Gasteiger partial charge >= 0.3 is 6.03 Å². The van der Waals surface area contributed by atoms with Gasteiger partial charge < -0.3 is 15.5 Å². The Morgan fingerprint density at radius 3 is 2.37 bits per heavy atom. The van der Waals surface area contributed by atoms with E-state index in [9.17, 15) is 9.59 Å². The Balaban J connectivity index is 0.00000320. The quantitative estimate of drug-likeness (QED) is 0.726. The molecule has 0 aliphatic carbocycles. The molecule has 162 valence electrons. The topological polar surface area (TPSA) is 77.6 Å². The maximum Gasteiger partial charge on any atom is 0.321 e. The standard InChI is InChI=1S/C21H26ClN5O2.ClH/c1-14(2)26-8-10-27(11-9-26)21(29)24-18-6-4-15(3)12-17(18)20(28)25-19-7-5-16(22)13-23-19;/h4-7,12-14H,8-11H2,1-3H3,(H,24,29)(H,23,25,28);1H. The fourth-order valence-corrected chi connectivity index (χ4v) is 3.34. The van der Waals surface area contributed by atoms with Gasteiger partial charge in [-0.3, -0.25) is 9.69 Å². The summed E-state index contributed by atoms with van der Waals surface area (Å²) < 4.78 is 0. The summed E-state index contributed by atoms with van der Waals surface area (Å²) >= 11 is 5.84. The number of carbonyl (C=O) groups excluding carboxylic acids is 2. The van der Waals surface area contributed by atoms with E-state index in [4.69, 9.17) is 11.6 Å². The zero-order valence-corrected chi connectivity index (χ0v) is 18.9. The van der Waals surface area contributed by atoms with Crippen molar-refractivity contribution in [3.8, 4) is 0 Å². The number of urea groups is 1. The van der Waals surface area contributed by atoms with Crippen molar-refractivity contribution < 1.29 is 9.59 Å². The van der Waals surface area contributed by atoms with Gasteiger partial charge in [0.15, 0.2) is 0 Å². The molecule has 0 unspecified atom stereocenters. The second-order valence-corrected chi connectivity index (χ2v) is 7.85. The fourth-order valence-electron chi connectivity index (χ4n) is 3.22. The molecule has 30 heavy (non-hydrogen) atoms. The van der Waals surface area contributed by atoms with E-state index in [0.29, 0.717) is 41.2 Å². The van der Waals surface area contributed by atoms with Crippen LogP contribution in [0.4, 0.5) is 16.3 Å². The summed E-state index contributed by atoms with van der Waals surface area (Å²) in [6.45, 7) is 9.21. The molecule has 0 radical (unpaired) electrons. The van der Waals surface area contributed by atoms with Gasteiger partial charge in [0.2, 0.25) is 0 Å². The summed E-state index contributed by atoms with van der Waals surface area (Å²) in [5.41, 5.74) is 1.78. The van der Waals surface area contributed by atoms with Crippen molar-refractivity contribution in [3.05, 3.63) is 52.7 Å². The molecule has 2 aromatic rings. The first-order chi connectivity index (χ1) is 13.8. The number of hydrogen-bond donors (Lipinski definition) is 2. The second-order valence-electron chi connectivity index (χ2n) is 7.41. The average molecular weight is 452 g/mol. The molecule has 7 nitrogen and oxygen atoms in total. The fraction of sp³-hybridized carbons (Fsp3) is 0.381.